The lowest BCUT2D eigenvalue weighted by atomic mass is 10.1. The average molecular weight is 265 g/mol. The Bertz CT molecular complexity index is 444. The normalized spacial score (nSPS) is 26.6. The summed E-state index contributed by atoms with van der Waals surface area (Å²) in [7, 11) is -0.955. The van der Waals surface area contributed by atoms with Gasteiger partial charge in [0.15, 0.2) is 0 Å². The van der Waals surface area contributed by atoms with E-state index in [4.69, 9.17) is 5.73 Å². The van der Waals surface area contributed by atoms with Crippen LogP contribution in [0.2, 0.25) is 0 Å². The number of nitrogens with two attached hydrogens (primary N) is 1. The Labute approximate surface area is 112 Å². The van der Waals surface area contributed by atoms with E-state index < -0.39 is 10.8 Å². The van der Waals surface area contributed by atoms with Gasteiger partial charge in [-0.25, -0.2) is 0 Å². The van der Waals surface area contributed by atoms with Crippen molar-refractivity contribution in [2.24, 2.45) is 5.73 Å². The van der Waals surface area contributed by atoms with Crippen LogP contribution < -0.4 is 5.73 Å². The number of rotatable bonds is 2. The van der Waals surface area contributed by atoms with Gasteiger partial charge in [0.2, 0.25) is 0 Å². The molecule has 1 saturated carbocycles. The predicted molar refractivity (Wildman–Crippen MR) is 77.2 cm³/mol. The van der Waals surface area contributed by atoms with Crippen LogP contribution in [0.1, 0.15) is 43.2 Å². The lowest BCUT2D eigenvalue weighted by Crippen LogP contribution is -2.36. The summed E-state index contributed by atoms with van der Waals surface area (Å²) in [6.45, 7) is 4.16. The minimum atomic E-state index is -0.955. The molecule has 0 amide bonds. The van der Waals surface area contributed by atoms with Gasteiger partial charge in [-0.2, -0.15) is 0 Å². The molecule has 2 N–H and O–H groups in total. The summed E-state index contributed by atoms with van der Waals surface area (Å²) in [5.74, 6) is 0. The van der Waals surface area contributed by atoms with Gasteiger partial charge in [0.05, 0.1) is 16.0 Å². The highest BCUT2D eigenvalue weighted by molar-refractivity contribution is 7.85. The minimum Gasteiger partial charge on any atom is -0.327 e. The maximum absolute atomic E-state index is 12.7. The summed E-state index contributed by atoms with van der Waals surface area (Å²) in [6.07, 6.45) is 5.59. The summed E-state index contributed by atoms with van der Waals surface area (Å²) in [5.41, 5.74) is 8.65. The van der Waals surface area contributed by atoms with Gasteiger partial charge in [-0.3, -0.25) is 4.21 Å². The van der Waals surface area contributed by atoms with Gasteiger partial charge in [0.25, 0.3) is 0 Å². The third-order valence-electron chi connectivity index (χ3n) is 3.99. The van der Waals surface area contributed by atoms with E-state index in [2.05, 4.69) is 26.0 Å². The topological polar surface area (TPSA) is 43.1 Å². The van der Waals surface area contributed by atoms with Crippen LogP contribution in [0.4, 0.5) is 0 Å². The highest BCUT2D eigenvalue weighted by Gasteiger charge is 2.26. The molecule has 0 spiro atoms. The van der Waals surface area contributed by atoms with Crippen LogP contribution in [0.25, 0.3) is 0 Å². The van der Waals surface area contributed by atoms with Crippen LogP contribution in [-0.2, 0) is 10.8 Å². The summed E-state index contributed by atoms with van der Waals surface area (Å²) in [5, 5.41) is 0.134. The van der Waals surface area contributed by atoms with Crippen LogP contribution in [0.5, 0.6) is 0 Å². The number of hydrogen-bond acceptors (Lipinski definition) is 2. The molecule has 1 aromatic rings. The van der Waals surface area contributed by atoms with Crippen molar-refractivity contribution >= 4 is 10.8 Å². The third-order valence-corrected chi connectivity index (χ3v) is 5.84. The molecule has 1 aliphatic rings. The molecule has 1 fully saturated rings. The lowest BCUT2D eigenvalue weighted by Gasteiger charge is -2.21. The standard InChI is InChI=1S/C15H23NOS/c1-11-8-9-13(10-12(11)2)18(17)15-7-5-3-4-6-14(15)16/h8-10,14-15H,3-7,16H2,1-2H3. The molecule has 18 heavy (non-hydrogen) atoms. The van der Waals surface area contributed by atoms with Crippen molar-refractivity contribution in [3.05, 3.63) is 29.3 Å². The molecule has 0 aliphatic heterocycles. The largest absolute Gasteiger partial charge is 0.327 e. The van der Waals surface area contributed by atoms with E-state index in [1.807, 2.05) is 6.07 Å². The SMILES string of the molecule is Cc1ccc(S(=O)C2CCCCCC2N)cc1C. The van der Waals surface area contributed by atoms with Crippen molar-refractivity contribution in [2.75, 3.05) is 0 Å². The zero-order valence-corrected chi connectivity index (χ0v) is 12.1. The first-order valence-corrected chi connectivity index (χ1v) is 8.04. The molecule has 0 heterocycles. The van der Waals surface area contributed by atoms with Crippen LogP contribution >= 0.6 is 0 Å². The predicted octanol–water partition coefficient (Wildman–Crippen LogP) is 3.07. The summed E-state index contributed by atoms with van der Waals surface area (Å²) < 4.78 is 12.7. The average Bonchev–Trinajstić information content (AvgIpc) is 2.56. The Kier molecular flexibility index (Phi) is 4.57. The van der Waals surface area contributed by atoms with Crippen molar-refractivity contribution in [1.82, 2.24) is 0 Å². The molecule has 100 valence electrons. The van der Waals surface area contributed by atoms with Crippen molar-refractivity contribution < 1.29 is 4.21 Å². The Morgan fingerprint density at radius 2 is 1.83 bits per heavy atom. The second kappa shape index (κ2) is 5.98. The second-order valence-electron chi connectivity index (χ2n) is 5.38. The molecule has 0 saturated heterocycles. The summed E-state index contributed by atoms with van der Waals surface area (Å²) in [4.78, 5) is 0.945. The molecule has 1 aromatic carbocycles. The van der Waals surface area contributed by atoms with E-state index in [1.54, 1.807) is 0 Å². The molecular formula is C15H23NOS. The van der Waals surface area contributed by atoms with E-state index >= 15 is 0 Å². The molecule has 3 atom stereocenters. The molecular weight excluding hydrogens is 242 g/mol. The number of benzene rings is 1. The fourth-order valence-corrected chi connectivity index (χ4v) is 4.26. The number of aryl methyl sites for hydroxylation is 2. The monoisotopic (exact) mass is 265 g/mol. The van der Waals surface area contributed by atoms with Crippen LogP contribution in [-0.4, -0.2) is 15.5 Å². The molecule has 2 nitrogen and oxygen atoms in total. The first kappa shape index (κ1) is 13.8. The molecule has 1 aliphatic carbocycles. The van der Waals surface area contributed by atoms with Gasteiger partial charge in [-0.05, 0) is 49.9 Å². The zero-order valence-electron chi connectivity index (χ0n) is 11.3. The number of hydrogen-bond donors (Lipinski definition) is 1. The van der Waals surface area contributed by atoms with E-state index in [-0.39, 0.29) is 11.3 Å². The Morgan fingerprint density at radius 1 is 1.11 bits per heavy atom. The van der Waals surface area contributed by atoms with E-state index in [0.717, 1.165) is 24.2 Å². The molecule has 0 radical (unpaired) electrons. The third kappa shape index (κ3) is 3.01. The quantitative estimate of drug-likeness (QED) is 0.835. The fraction of sp³-hybridized carbons (Fsp3) is 0.600. The van der Waals surface area contributed by atoms with Crippen LogP contribution in [0.3, 0.4) is 0 Å². The highest BCUT2D eigenvalue weighted by atomic mass is 32.2. The minimum absolute atomic E-state index is 0.0925. The van der Waals surface area contributed by atoms with Gasteiger partial charge < -0.3 is 5.73 Å². The fourth-order valence-electron chi connectivity index (χ4n) is 2.58. The van der Waals surface area contributed by atoms with E-state index in [9.17, 15) is 4.21 Å². The van der Waals surface area contributed by atoms with Crippen molar-refractivity contribution in [3.8, 4) is 0 Å². The van der Waals surface area contributed by atoms with Crippen molar-refractivity contribution in [1.29, 1.82) is 0 Å². The van der Waals surface area contributed by atoms with Gasteiger partial charge in [-0.15, -0.1) is 0 Å². The molecule has 3 heteroatoms. The van der Waals surface area contributed by atoms with Gasteiger partial charge in [0.1, 0.15) is 0 Å². The maximum Gasteiger partial charge on any atom is 0.0576 e. The van der Waals surface area contributed by atoms with Crippen molar-refractivity contribution in [2.45, 2.75) is 62.1 Å². The Morgan fingerprint density at radius 3 is 2.56 bits per heavy atom. The van der Waals surface area contributed by atoms with E-state index in [0.29, 0.717) is 0 Å². The highest BCUT2D eigenvalue weighted by Crippen LogP contribution is 2.25. The molecule has 0 bridgehead atoms. The zero-order chi connectivity index (χ0) is 13.1. The molecule has 0 aromatic heterocycles. The second-order valence-corrected chi connectivity index (χ2v) is 7.06. The molecule has 2 rings (SSSR count). The van der Waals surface area contributed by atoms with Gasteiger partial charge >= 0.3 is 0 Å². The Hall–Kier alpha value is -0.670. The smallest absolute Gasteiger partial charge is 0.0576 e. The van der Waals surface area contributed by atoms with Crippen LogP contribution in [0, 0.1) is 13.8 Å². The van der Waals surface area contributed by atoms with E-state index in [1.165, 1.54) is 24.0 Å². The lowest BCUT2D eigenvalue weighted by molar-refractivity contribution is 0.575. The van der Waals surface area contributed by atoms with Gasteiger partial charge in [0, 0.05) is 10.9 Å². The summed E-state index contributed by atoms with van der Waals surface area (Å²) >= 11 is 0. The summed E-state index contributed by atoms with van der Waals surface area (Å²) in [6, 6.07) is 6.21. The van der Waals surface area contributed by atoms with Crippen molar-refractivity contribution in [3.63, 3.8) is 0 Å². The first-order valence-electron chi connectivity index (χ1n) is 6.83. The van der Waals surface area contributed by atoms with Gasteiger partial charge in [-0.1, -0.05) is 25.3 Å². The molecule has 3 unspecified atom stereocenters. The first-order chi connectivity index (χ1) is 8.59. The maximum atomic E-state index is 12.7. The van der Waals surface area contributed by atoms with Crippen LogP contribution in [0.15, 0.2) is 23.1 Å². The Balaban J connectivity index is 2.21.